The van der Waals surface area contributed by atoms with Crippen LogP contribution in [0, 0.1) is 12.8 Å². The second-order valence-electron chi connectivity index (χ2n) is 4.35. The van der Waals surface area contributed by atoms with Gasteiger partial charge in [-0.15, -0.1) is 11.3 Å². The van der Waals surface area contributed by atoms with Gasteiger partial charge >= 0.3 is 0 Å². The van der Waals surface area contributed by atoms with Gasteiger partial charge in [0, 0.05) is 24.1 Å². The molecule has 0 radical (unpaired) electrons. The number of ketones is 1. The standard InChI is InChI=1S/C12H17NOS/c1-3-9-4-5-10(14)6-11(9)12-7-15-8(2)13-12/h7,9,11H,3-6H2,1-2H3. The number of thiazole rings is 1. The Labute approximate surface area is 94.7 Å². The van der Waals surface area contributed by atoms with Gasteiger partial charge in [0.2, 0.25) is 0 Å². The minimum Gasteiger partial charge on any atom is -0.300 e. The topological polar surface area (TPSA) is 30.0 Å². The summed E-state index contributed by atoms with van der Waals surface area (Å²) in [6, 6.07) is 0. The van der Waals surface area contributed by atoms with Crippen molar-refractivity contribution in [2.75, 3.05) is 0 Å². The SMILES string of the molecule is CCC1CCC(=O)CC1c1csc(C)n1. The highest BCUT2D eigenvalue weighted by molar-refractivity contribution is 7.09. The van der Waals surface area contributed by atoms with Crippen LogP contribution in [-0.2, 0) is 4.79 Å². The van der Waals surface area contributed by atoms with Gasteiger partial charge in [-0.2, -0.15) is 0 Å². The number of carbonyl (C=O) groups excluding carboxylic acids is 1. The largest absolute Gasteiger partial charge is 0.300 e. The van der Waals surface area contributed by atoms with Crippen molar-refractivity contribution in [3.63, 3.8) is 0 Å². The highest BCUT2D eigenvalue weighted by Gasteiger charge is 2.30. The minimum absolute atomic E-state index is 0.390. The van der Waals surface area contributed by atoms with Crippen molar-refractivity contribution in [2.24, 2.45) is 5.92 Å². The smallest absolute Gasteiger partial charge is 0.133 e. The van der Waals surface area contributed by atoms with E-state index in [2.05, 4.69) is 17.3 Å². The van der Waals surface area contributed by atoms with E-state index in [1.54, 1.807) is 11.3 Å². The normalized spacial score (nSPS) is 26.9. The van der Waals surface area contributed by atoms with E-state index >= 15 is 0 Å². The number of Topliss-reactive ketones (excluding diaryl/α,β-unsaturated/α-hetero) is 1. The minimum atomic E-state index is 0.390. The summed E-state index contributed by atoms with van der Waals surface area (Å²) >= 11 is 1.69. The van der Waals surface area contributed by atoms with Crippen molar-refractivity contribution in [3.8, 4) is 0 Å². The molecular formula is C12H17NOS. The summed E-state index contributed by atoms with van der Waals surface area (Å²) in [5, 5.41) is 3.24. The Balaban J connectivity index is 2.20. The fourth-order valence-corrected chi connectivity index (χ4v) is 3.12. The highest BCUT2D eigenvalue weighted by Crippen LogP contribution is 2.38. The van der Waals surface area contributed by atoms with Crippen molar-refractivity contribution in [1.82, 2.24) is 4.98 Å². The van der Waals surface area contributed by atoms with Gasteiger partial charge < -0.3 is 0 Å². The number of aromatic nitrogens is 1. The molecule has 2 nitrogen and oxygen atoms in total. The number of carbonyl (C=O) groups is 1. The van der Waals surface area contributed by atoms with Crippen LogP contribution in [0.2, 0.25) is 0 Å². The quantitative estimate of drug-likeness (QED) is 0.770. The van der Waals surface area contributed by atoms with E-state index in [0.29, 0.717) is 24.0 Å². The molecule has 1 aliphatic carbocycles. The molecule has 1 aromatic heterocycles. The van der Waals surface area contributed by atoms with Gasteiger partial charge in [0.1, 0.15) is 5.78 Å². The van der Waals surface area contributed by atoms with Crippen LogP contribution >= 0.6 is 11.3 Å². The maximum Gasteiger partial charge on any atom is 0.133 e. The molecule has 0 amide bonds. The van der Waals surface area contributed by atoms with Gasteiger partial charge in [-0.05, 0) is 19.3 Å². The third kappa shape index (κ3) is 2.28. The van der Waals surface area contributed by atoms with E-state index in [1.807, 2.05) is 6.92 Å². The molecule has 0 aromatic carbocycles. The van der Waals surface area contributed by atoms with Crippen LogP contribution in [0.4, 0.5) is 0 Å². The predicted molar refractivity (Wildman–Crippen MR) is 62.2 cm³/mol. The van der Waals surface area contributed by atoms with Crippen molar-refractivity contribution >= 4 is 17.1 Å². The lowest BCUT2D eigenvalue weighted by Crippen LogP contribution is -2.23. The molecule has 0 saturated heterocycles. The Morgan fingerprint density at radius 3 is 3.00 bits per heavy atom. The molecule has 0 N–H and O–H groups in total. The summed E-state index contributed by atoms with van der Waals surface area (Å²) in [5.74, 6) is 1.46. The molecule has 1 aromatic rings. The molecule has 82 valence electrons. The first-order chi connectivity index (χ1) is 7.20. The second-order valence-corrected chi connectivity index (χ2v) is 5.41. The predicted octanol–water partition coefficient (Wildman–Crippen LogP) is 3.31. The molecule has 1 saturated carbocycles. The molecule has 15 heavy (non-hydrogen) atoms. The molecule has 1 fully saturated rings. The summed E-state index contributed by atoms with van der Waals surface area (Å²) < 4.78 is 0. The van der Waals surface area contributed by atoms with Gasteiger partial charge in [0.05, 0.1) is 10.7 Å². The van der Waals surface area contributed by atoms with Crippen LogP contribution in [-0.4, -0.2) is 10.8 Å². The fraction of sp³-hybridized carbons (Fsp3) is 0.667. The average Bonchev–Trinajstić information content (AvgIpc) is 2.65. The molecule has 2 atom stereocenters. The van der Waals surface area contributed by atoms with Crippen molar-refractivity contribution in [3.05, 3.63) is 16.1 Å². The van der Waals surface area contributed by atoms with Crippen LogP contribution in [0.25, 0.3) is 0 Å². The maximum atomic E-state index is 11.5. The summed E-state index contributed by atoms with van der Waals surface area (Å²) in [6.07, 6.45) is 3.70. The van der Waals surface area contributed by atoms with E-state index < -0.39 is 0 Å². The molecule has 1 heterocycles. The Hall–Kier alpha value is -0.700. The molecule has 0 spiro atoms. The maximum absolute atomic E-state index is 11.5. The van der Waals surface area contributed by atoms with E-state index in [1.165, 1.54) is 0 Å². The molecule has 0 bridgehead atoms. The third-order valence-corrected chi connectivity index (χ3v) is 4.14. The van der Waals surface area contributed by atoms with Crippen molar-refractivity contribution in [2.45, 2.75) is 45.4 Å². The summed E-state index contributed by atoms with van der Waals surface area (Å²) in [4.78, 5) is 16.0. The highest BCUT2D eigenvalue weighted by atomic mass is 32.1. The summed E-state index contributed by atoms with van der Waals surface area (Å²) in [7, 11) is 0. The first-order valence-electron chi connectivity index (χ1n) is 5.64. The number of aryl methyl sites for hydroxylation is 1. The lowest BCUT2D eigenvalue weighted by Gasteiger charge is -2.28. The van der Waals surface area contributed by atoms with Crippen LogP contribution in [0.3, 0.4) is 0 Å². The number of hydrogen-bond acceptors (Lipinski definition) is 3. The zero-order chi connectivity index (χ0) is 10.8. The molecule has 0 aliphatic heterocycles. The van der Waals surface area contributed by atoms with Crippen LogP contribution in [0.15, 0.2) is 5.38 Å². The Bertz CT molecular complexity index is 358. The van der Waals surface area contributed by atoms with Crippen LogP contribution in [0.1, 0.15) is 49.2 Å². The van der Waals surface area contributed by atoms with Gasteiger partial charge in [-0.1, -0.05) is 13.3 Å². The third-order valence-electron chi connectivity index (χ3n) is 3.35. The summed E-state index contributed by atoms with van der Waals surface area (Å²) in [6.45, 7) is 4.24. The Morgan fingerprint density at radius 1 is 1.60 bits per heavy atom. The first-order valence-corrected chi connectivity index (χ1v) is 6.52. The molecule has 1 aliphatic rings. The number of rotatable bonds is 2. The molecule has 3 heteroatoms. The van der Waals surface area contributed by atoms with E-state index in [-0.39, 0.29) is 0 Å². The summed E-state index contributed by atoms with van der Waals surface area (Å²) in [5.41, 5.74) is 1.15. The first kappa shape index (κ1) is 10.8. The van der Waals surface area contributed by atoms with Gasteiger partial charge in [-0.3, -0.25) is 4.79 Å². The Kier molecular flexibility index (Phi) is 3.19. The van der Waals surface area contributed by atoms with Crippen LogP contribution in [0.5, 0.6) is 0 Å². The van der Waals surface area contributed by atoms with Crippen molar-refractivity contribution in [1.29, 1.82) is 0 Å². The average molecular weight is 223 g/mol. The Morgan fingerprint density at radius 2 is 2.40 bits per heavy atom. The number of nitrogens with zero attached hydrogens (tertiary/aromatic N) is 1. The van der Waals surface area contributed by atoms with E-state index in [9.17, 15) is 4.79 Å². The second kappa shape index (κ2) is 4.44. The van der Waals surface area contributed by atoms with Gasteiger partial charge in [0.25, 0.3) is 0 Å². The lowest BCUT2D eigenvalue weighted by atomic mass is 9.76. The zero-order valence-corrected chi connectivity index (χ0v) is 10.1. The molecular weight excluding hydrogens is 206 g/mol. The molecule has 2 unspecified atom stereocenters. The van der Waals surface area contributed by atoms with E-state index in [4.69, 9.17) is 0 Å². The zero-order valence-electron chi connectivity index (χ0n) is 9.32. The van der Waals surface area contributed by atoms with Gasteiger partial charge in [0.15, 0.2) is 0 Å². The van der Waals surface area contributed by atoms with Crippen molar-refractivity contribution < 1.29 is 4.79 Å². The van der Waals surface area contributed by atoms with Crippen LogP contribution < -0.4 is 0 Å². The van der Waals surface area contributed by atoms with E-state index in [0.717, 1.165) is 30.0 Å². The molecule has 2 rings (SSSR count). The lowest BCUT2D eigenvalue weighted by molar-refractivity contribution is -0.121. The number of hydrogen-bond donors (Lipinski definition) is 0. The van der Waals surface area contributed by atoms with Gasteiger partial charge in [-0.25, -0.2) is 4.98 Å². The fourth-order valence-electron chi connectivity index (χ4n) is 2.45. The monoisotopic (exact) mass is 223 g/mol.